The summed E-state index contributed by atoms with van der Waals surface area (Å²) in [7, 11) is 1.55. The molecule has 0 spiro atoms. The number of likely N-dealkylation sites (tertiary alicyclic amines) is 1. The lowest BCUT2D eigenvalue weighted by molar-refractivity contribution is -0.140. The molecule has 1 N–H and O–H groups in total. The molecule has 1 aliphatic rings. The molecular formula is C27H27NO6. The summed E-state index contributed by atoms with van der Waals surface area (Å²) >= 11 is 0. The Kier molecular flexibility index (Phi) is 6.72. The van der Waals surface area contributed by atoms with Crippen molar-refractivity contribution in [2.45, 2.75) is 26.4 Å². The lowest BCUT2D eigenvalue weighted by Crippen LogP contribution is -2.29. The number of furan rings is 1. The van der Waals surface area contributed by atoms with Crippen LogP contribution in [-0.4, -0.2) is 35.4 Å². The van der Waals surface area contributed by atoms with E-state index in [4.69, 9.17) is 13.9 Å². The zero-order valence-corrected chi connectivity index (χ0v) is 19.4. The molecular weight excluding hydrogens is 434 g/mol. The van der Waals surface area contributed by atoms with Crippen LogP contribution < -0.4 is 9.47 Å². The van der Waals surface area contributed by atoms with Crippen LogP contribution in [0, 0.1) is 5.92 Å². The molecule has 1 saturated heterocycles. The molecule has 34 heavy (non-hydrogen) atoms. The number of carbonyl (C=O) groups excluding carboxylic acids is 2. The molecule has 7 nitrogen and oxygen atoms in total. The fourth-order valence-electron chi connectivity index (χ4n) is 3.93. The molecule has 2 heterocycles. The van der Waals surface area contributed by atoms with Gasteiger partial charge < -0.3 is 23.9 Å². The second-order valence-corrected chi connectivity index (χ2v) is 8.48. The number of hydrogen-bond acceptors (Lipinski definition) is 6. The van der Waals surface area contributed by atoms with Crippen LogP contribution in [0.2, 0.25) is 0 Å². The minimum absolute atomic E-state index is 0.0225. The number of benzene rings is 2. The summed E-state index contributed by atoms with van der Waals surface area (Å²) in [5.41, 5.74) is 1.12. The number of methoxy groups -OCH3 is 1. The number of aliphatic hydroxyl groups excluding tert-OH is 1. The monoisotopic (exact) mass is 461 g/mol. The van der Waals surface area contributed by atoms with Gasteiger partial charge in [0.2, 0.25) is 0 Å². The summed E-state index contributed by atoms with van der Waals surface area (Å²) in [4.78, 5) is 27.6. The normalized spacial score (nSPS) is 17.4. The predicted molar refractivity (Wildman–Crippen MR) is 126 cm³/mol. The van der Waals surface area contributed by atoms with Crippen molar-refractivity contribution >= 4 is 17.4 Å². The van der Waals surface area contributed by atoms with Gasteiger partial charge in [-0.15, -0.1) is 0 Å². The minimum atomic E-state index is -0.878. The topological polar surface area (TPSA) is 89.2 Å². The molecule has 1 atom stereocenters. The highest BCUT2D eigenvalue weighted by molar-refractivity contribution is 6.46. The molecule has 1 aromatic heterocycles. The third-order valence-corrected chi connectivity index (χ3v) is 5.60. The molecule has 1 amide bonds. The van der Waals surface area contributed by atoms with Crippen LogP contribution in [0.15, 0.2) is 76.9 Å². The third-order valence-electron chi connectivity index (χ3n) is 5.60. The number of aliphatic hydroxyl groups is 1. The maximum absolute atomic E-state index is 13.1. The molecule has 1 unspecified atom stereocenters. The van der Waals surface area contributed by atoms with Gasteiger partial charge in [-0.1, -0.05) is 32.0 Å². The highest BCUT2D eigenvalue weighted by Crippen LogP contribution is 2.41. The van der Waals surface area contributed by atoms with Crippen molar-refractivity contribution in [3.8, 4) is 11.5 Å². The number of amides is 1. The van der Waals surface area contributed by atoms with Gasteiger partial charge in [0.15, 0.2) is 0 Å². The SMILES string of the molecule is COc1ccccc1CN1C(=O)C(=O)/C(=C(\O)c2ccc(OCC(C)C)cc2)C1c1ccco1. The minimum Gasteiger partial charge on any atom is -0.507 e. The summed E-state index contributed by atoms with van der Waals surface area (Å²) < 4.78 is 16.7. The van der Waals surface area contributed by atoms with E-state index in [0.29, 0.717) is 35.3 Å². The zero-order chi connectivity index (χ0) is 24.2. The Bertz CT molecular complexity index is 1190. The van der Waals surface area contributed by atoms with Crippen LogP contribution >= 0.6 is 0 Å². The lowest BCUT2D eigenvalue weighted by atomic mass is 9.99. The first kappa shape index (κ1) is 23.2. The first-order valence-electron chi connectivity index (χ1n) is 11.1. The molecule has 0 saturated carbocycles. The lowest BCUT2D eigenvalue weighted by Gasteiger charge is -2.24. The fraction of sp³-hybridized carbons (Fsp3) is 0.259. The number of nitrogens with zero attached hydrogens (tertiary/aromatic N) is 1. The van der Waals surface area contributed by atoms with E-state index >= 15 is 0 Å². The van der Waals surface area contributed by atoms with E-state index < -0.39 is 17.7 Å². The standard InChI is InChI=1S/C27H27NO6/c1-17(2)16-34-20-12-10-18(11-13-20)25(29)23-24(22-9-6-14-33-22)28(27(31)26(23)30)15-19-7-4-5-8-21(19)32-3/h4-14,17,24,29H,15-16H2,1-3H3/b25-23-. The van der Waals surface area contributed by atoms with Gasteiger partial charge in [0.1, 0.15) is 29.1 Å². The number of ketones is 1. The number of hydrogen-bond donors (Lipinski definition) is 1. The van der Waals surface area contributed by atoms with Crippen molar-refractivity contribution in [3.05, 3.63) is 89.4 Å². The average molecular weight is 462 g/mol. The molecule has 1 aliphatic heterocycles. The molecule has 1 fully saturated rings. The van der Waals surface area contributed by atoms with Crippen molar-refractivity contribution in [1.82, 2.24) is 4.90 Å². The van der Waals surface area contributed by atoms with Crippen LogP contribution in [0.5, 0.6) is 11.5 Å². The van der Waals surface area contributed by atoms with E-state index in [-0.39, 0.29) is 17.9 Å². The Hall–Kier alpha value is -4.00. The van der Waals surface area contributed by atoms with Gasteiger partial charge in [-0.05, 0) is 48.4 Å². The summed E-state index contributed by atoms with van der Waals surface area (Å²) in [6.07, 6.45) is 1.47. The fourth-order valence-corrected chi connectivity index (χ4v) is 3.93. The largest absolute Gasteiger partial charge is 0.507 e. The highest BCUT2D eigenvalue weighted by Gasteiger charge is 2.47. The van der Waals surface area contributed by atoms with Crippen LogP contribution in [0.4, 0.5) is 0 Å². The second-order valence-electron chi connectivity index (χ2n) is 8.48. The molecule has 4 rings (SSSR count). The van der Waals surface area contributed by atoms with E-state index in [2.05, 4.69) is 13.8 Å². The number of ether oxygens (including phenoxy) is 2. The molecule has 0 aliphatic carbocycles. The van der Waals surface area contributed by atoms with Gasteiger partial charge in [0.25, 0.3) is 11.7 Å². The van der Waals surface area contributed by atoms with E-state index in [0.717, 1.165) is 5.56 Å². The summed E-state index contributed by atoms with van der Waals surface area (Å²) in [6, 6.07) is 16.5. The van der Waals surface area contributed by atoms with Gasteiger partial charge >= 0.3 is 0 Å². The van der Waals surface area contributed by atoms with Gasteiger partial charge in [-0.2, -0.15) is 0 Å². The molecule has 3 aromatic rings. The molecule has 0 bridgehead atoms. The van der Waals surface area contributed by atoms with Crippen LogP contribution in [0.1, 0.15) is 36.8 Å². The Labute approximate surface area is 198 Å². The van der Waals surface area contributed by atoms with Crippen molar-refractivity contribution < 1.29 is 28.6 Å². The van der Waals surface area contributed by atoms with Crippen LogP contribution in [0.3, 0.4) is 0 Å². The van der Waals surface area contributed by atoms with Gasteiger partial charge in [-0.3, -0.25) is 9.59 Å². The Balaban J connectivity index is 1.73. The number of Topliss-reactive ketones (excluding diaryl/α,β-unsaturated/α-hetero) is 1. The first-order valence-corrected chi connectivity index (χ1v) is 11.1. The average Bonchev–Trinajstić information content (AvgIpc) is 3.46. The maximum Gasteiger partial charge on any atom is 0.296 e. The second kappa shape index (κ2) is 9.87. The van der Waals surface area contributed by atoms with Gasteiger partial charge in [0, 0.05) is 11.1 Å². The van der Waals surface area contributed by atoms with E-state index in [9.17, 15) is 14.7 Å². The Morgan fingerprint density at radius 3 is 2.44 bits per heavy atom. The van der Waals surface area contributed by atoms with Crippen molar-refractivity contribution in [1.29, 1.82) is 0 Å². The van der Waals surface area contributed by atoms with E-state index in [1.165, 1.54) is 11.2 Å². The highest BCUT2D eigenvalue weighted by atomic mass is 16.5. The Morgan fingerprint density at radius 1 is 1.06 bits per heavy atom. The van der Waals surface area contributed by atoms with Crippen molar-refractivity contribution in [2.75, 3.05) is 13.7 Å². The molecule has 2 aromatic carbocycles. The van der Waals surface area contributed by atoms with Crippen LogP contribution in [-0.2, 0) is 16.1 Å². The van der Waals surface area contributed by atoms with Gasteiger partial charge in [0.05, 0.1) is 32.1 Å². The molecule has 176 valence electrons. The quantitative estimate of drug-likeness (QED) is 0.290. The Morgan fingerprint density at radius 2 is 1.79 bits per heavy atom. The first-order chi connectivity index (χ1) is 16.4. The van der Waals surface area contributed by atoms with E-state index in [1.807, 2.05) is 18.2 Å². The number of para-hydroxylation sites is 1. The van der Waals surface area contributed by atoms with Gasteiger partial charge in [-0.25, -0.2) is 0 Å². The third kappa shape index (κ3) is 4.55. The maximum atomic E-state index is 13.1. The number of rotatable bonds is 8. The number of carbonyl (C=O) groups is 2. The van der Waals surface area contributed by atoms with E-state index in [1.54, 1.807) is 49.6 Å². The predicted octanol–water partition coefficient (Wildman–Crippen LogP) is 4.94. The smallest absolute Gasteiger partial charge is 0.296 e. The summed E-state index contributed by atoms with van der Waals surface area (Å²) in [5, 5.41) is 11.1. The zero-order valence-electron chi connectivity index (χ0n) is 19.4. The summed E-state index contributed by atoms with van der Waals surface area (Å²) in [5.74, 6) is 0.259. The van der Waals surface area contributed by atoms with Crippen molar-refractivity contribution in [2.24, 2.45) is 5.92 Å². The summed E-state index contributed by atoms with van der Waals surface area (Å²) in [6.45, 7) is 4.79. The van der Waals surface area contributed by atoms with Crippen molar-refractivity contribution in [3.63, 3.8) is 0 Å². The van der Waals surface area contributed by atoms with Crippen LogP contribution in [0.25, 0.3) is 5.76 Å². The molecule has 0 radical (unpaired) electrons. The molecule has 7 heteroatoms.